The van der Waals surface area contributed by atoms with E-state index in [-0.39, 0.29) is 11.5 Å². The average molecular weight is 196 g/mol. The summed E-state index contributed by atoms with van der Waals surface area (Å²) < 4.78 is 22.1. The molecule has 0 amide bonds. The van der Waals surface area contributed by atoms with Crippen molar-refractivity contribution in [3.05, 3.63) is 24.0 Å². The van der Waals surface area contributed by atoms with Crippen molar-refractivity contribution in [2.75, 3.05) is 0 Å². The lowest BCUT2D eigenvalue weighted by atomic mass is 10.3. The van der Waals surface area contributed by atoms with Crippen LogP contribution in [0, 0.1) is 5.82 Å². The second-order valence-electron chi connectivity index (χ2n) is 2.72. The third-order valence-electron chi connectivity index (χ3n) is 1.64. The van der Waals surface area contributed by atoms with E-state index in [4.69, 9.17) is 4.74 Å². The van der Waals surface area contributed by atoms with Crippen LogP contribution in [0.5, 0.6) is 11.5 Å². The summed E-state index contributed by atoms with van der Waals surface area (Å²) in [6.45, 7) is 0. The van der Waals surface area contributed by atoms with Gasteiger partial charge in [-0.15, -0.1) is 0 Å². The molecule has 0 bridgehead atoms. The highest BCUT2D eigenvalue weighted by Crippen LogP contribution is 2.30. The Bertz CT molecular complexity index is 413. The predicted octanol–water partition coefficient (Wildman–Crippen LogP) is 1.04. The lowest BCUT2D eigenvalue weighted by Crippen LogP contribution is -2.13. The summed E-state index contributed by atoms with van der Waals surface area (Å²) in [5.41, 5.74) is 0. The number of esters is 2. The van der Waals surface area contributed by atoms with Crippen LogP contribution in [0.3, 0.4) is 0 Å². The van der Waals surface area contributed by atoms with Gasteiger partial charge in [0.2, 0.25) is 0 Å². The zero-order chi connectivity index (χ0) is 10.1. The average Bonchev–Trinajstić information content (AvgIpc) is 2.21. The van der Waals surface area contributed by atoms with Gasteiger partial charge < -0.3 is 9.47 Å². The molecule has 1 aliphatic rings. The number of ether oxygens (including phenoxy) is 2. The molecule has 0 radical (unpaired) electrons. The van der Waals surface area contributed by atoms with Crippen molar-refractivity contribution in [3.8, 4) is 11.5 Å². The van der Waals surface area contributed by atoms with Crippen LogP contribution in [0.15, 0.2) is 18.2 Å². The molecule has 0 N–H and O–H groups in total. The highest BCUT2D eigenvalue weighted by Gasteiger charge is 2.22. The van der Waals surface area contributed by atoms with Gasteiger partial charge >= 0.3 is 11.9 Å². The number of fused-ring (bicyclic) bond motifs is 1. The minimum absolute atomic E-state index is 0.0576. The molecule has 4 nitrogen and oxygen atoms in total. The van der Waals surface area contributed by atoms with Gasteiger partial charge in [0.15, 0.2) is 11.5 Å². The Morgan fingerprint density at radius 1 is 1.07 bits per heavy atom. The topological polar surface area (TPSA) is 52.6 Å². The summed E-state index contributed by atoms with van der Waals surface area (Å²) >= 11 is 0. The fourth-order valence-electron chi connectivity index (χ4n) is 1.08. The van der Waals surface area contributed by atoms with Gasteiger partial charge in [0.1, 0.15) is 12.2 Å². The van der Waals surface area contributed by atoms with E-state index in [2.05, 4.69) is 4.74 Å². The molecule has 1 aromatic carbocycles. The maximum absolute atomic E-state index is 12.7. The van der Waals surface area contributed by atoms with E-state index in [0.29, 0.717) is 0 Å². The van der Waals surface area contributed by atoms with Crippen molar-refractivity contribution in [1.82, 2.24) is 0 Å². The molecule has 1 aliphatic heterocycles. The predicted molar refractivity (Wildman–Crippen MR) is 42.3 cm³/mol. The first-order chi connectivity index (χ1) is 6.65. The van der Waals surface area contributed by atoms with Crippen LogP contribution in [0.2, 0.25) is 0 Å². The van der Waals surface area contributed by atoms with Crippen LogP contribution in [0.25, 0.3) is 0 Å². The molecule has 0 fully saturated rings. The van der Waals surface area contributed by atoms with E-state index >= 15 is 0 Å². The Kier molecular flexibility index (Phi) is 1.92. The summed E-state index contributed by atoms with van der Waals surface area (Å²) in [6.07, 6.45) is -0.462. The van der Waals surface area contributed by atoms with E-state index in [1.54, 1.807) is 0 Å². The summed E-state index contributed by atoms with van der Waals surface area (Å²) in [4.78, 5) is 21.8. The lowest BCUT2D eigenvalue weighted by molar-refractivity contribution is -0.142. The first kappa shape index (κ1) is 8.68. The van der Waals surface area contributed by atoms with Crippen molar-refractivity contribution in [2.24, 2.45) is 0 Å². The van der Waals surface area contributed by atoms with Crippen molar-refractivity contribution in [1.29, 1.82) is 0 Å². The fourth-order valence-corrected chi connectivity index (χ4v) is 1.08. The normalized spacial score (nSPS) is 15.2. The van der Waals surface area contributed by atoms with Gasteiger partial charge in [-0.2, -0.15) is 0 Å². The molecule has 1 aromatic rings. The molecular weight excluding hydrogens is 191 g/mol. The Labute approximate surface area is 78.2 Å². The van der Waals surface area contributed by atoms with Crippen LogP contribution in [-0.4, -0.2) is 11.9 Å². The molecule has 72 valence electrons. The number of benzene rings is 1. The Hall–Kier alpha value is -1.91. The molecule has 0 atom stereocenters. The minimum atomic E-state index is -0.751. The van der Waals surface area contributed by atoms with Crippen LogP contribution >= 0.6 is 0 Å². The van der Waals surface area contributed by atoms with Crippen LogP contribution in [0.1, 0.15) is 6.42 Å². The van der Waals surface area contributed by atoms with Crippen molar-refractivity contribution < 1.29 is 23.5 Å². The lowest BCUT2D eigenvalue weighted by Gasteiger charge is -2.03. The molecule has 0 saturated carbocycles. The largest absolute Gasteiger partial charge is 0.422 e. The fraction of sp³-hybridized carbons (Fsp3) is 0.111. The summed E-state index contributed by atoms with van der Waals surface area (Å²) in [5.74, 6) is -2.03. The first-order valence-electron chi connectivity index (χ1n) is 3.86. The zero-order valence-electron chi connectivity index (χ0n) is 6.95. The SMILES string of the molecule is O=C1CC(=O)Oc2cc(F)ccc2O1. The Morgan fingerprint density at radius 2 is 1.71 bits per heavy atom. The van der Waals surface area contributed by atoms with Gasteiger partial charge in [0.25, 0.3) is 0 Å². The number of carbonyl (C=O) groups is 2. The standard InChI is InChI=1S/C9H5FO4/c10-5-1-2-6-7(3-5)14-9(12)4-8(11)13-6/h1-3H,4H2. The number of hydrogen-bond acceptors (Lipinski definition) is 4. The van der Waals surface area contributed by atoms with E-state index in [1.165, 1.54) is 6.07 Å². The maximum Gasteiger partial charge on any atom is 0.322 e. The second kappa shape index (κ2) is 3.10. The third-order valence-corrected chi connectivity index (χ3v) is 1.64. The molecule has 0 unspecified atom stereocenters. The van der Waals surface area contributed by atoms with Gasteiger partial charge in [-0.3, -0.25) is 9.59 Å². The van der Waals surface area contributed by atoms with E-state index in [1.807, 2.05) is 0 Å². The van der Waals surface area contributed by atoms with Gasteiger partial charge in [-0.1, -0.05) is 0 Å². The molecule has 1 heterocycles. The summed E-state index contributed by atoms with van der Waals surface area (Å²) in [5, 5.41) is 0. The molecule has 0 saturated heterocycles. The van der Waals surface area contributed by atoms with Crippen LogP contribution < -0.4 is 9.47 Å². The van der Waals surface area contributed by atoms with E-state index in [0.717, 1.165) is 12.1 Å². The first-order valence-corrected chi connectivity index (χ1v) is 3.86. The maximum atomic E-state index is 12.7. The molecule has 5 heteroatoms. The molecule has 2 rings (SSSR count). The molecule has 0 aliphatic carbocycles. The van der Waals surface area contributed by atoms with Crippen molar-refractivity contribution >= 4 is 11.9 Å². The van der Waals surface area contributed by atoms with Crippen LogP contribution in [-0.2, 0) is 9.59 Å². The highest BCUT2D eigenvalue weighted by atomic mass is 19.1. The minimum Gasteiger partial charge on any atom is -0.422 e. The summed E-state index contributed by atoms with van der Waals surface area (Å²) in [6, 6.07) is 3.35. The van der Waals surface area contributed by atoms with Gasteiger partial charge in [0, 0.05) is 6.07 Å². The van der Waals surface area contributed by atoms with Gasteiger partial charge in [-0.05, 0) is 12.1 Å². The highest BCUT2D eigenvalue weighted by molar-refractivity contribution is 5.95. The summed E-state index contributed by atoms with van der Waals surface area (Å²) in [7, 11) is 0. The monoisotopic (exact) mass is 196 g/mol. The second-order valence-corrected chi connectivity index (χ2v) is 2.72. The molecule has 14 heavy (non-hydrogen) atoms. The number of rotatable bonds is 0. The van der Waals surface area contributed by atoms with Gasteiger partial charge in [-0.25, -0.2) is 4.39 Å². The molecule has 0 aromatic heterocycles. The van der Waals surface area contributed by atoms with E-state index in [9.17, 15) is 14.0 Å². The Balaban J connectivity index is 2.46. The van der Waals surface area contributed by atoms with E-state index < -0.39 is 24.2 Å². The Morgan fingerprint density at radius 3 is 2.43 bits per heavy atom. The van der Waals surface area contributed by atoms with Gasteiger partial charge in [0.05, 0.1) is 0 Å². The smallest absolute Gasteiger partial charge is 0.322 e. The number of carbonyl (C=O) groups excluding carboxylic acids is 2. The van der Waals surface area contributed by atoms with Crippen molar-refractivity contribution in [2.45, 2.75) is 6.42 Å². The molecule has 0 spiro atoms. The number of halogens is 1. The number of hydrogen-bond donors (Lipinski definition) is 0. The molecular formula is C9H5FO4. The van der Waals surface area contributed by atoms with Crippen LogP contribution in [0.4, 0.5) is 4.39 Å². The zero-order valence-corrected chi connectivity index (χ0v) is 6.95. The quantitative estimate of drug-likeness (QED) is 0.353. The third kappa shape index (κ3) is 1.56. The van der Waals surface area contributed by atoms with Crippen molar-refractivity contribution in [3.63, 3.8) is 0 Å².